The highest BCUT2D eigenvalue weighted by Gasteiger charge is 2.06. The quantitative estimate of drug-likeness (QED) is 0.851. The van der Waals surface area contributed by atoms with Gasteiger partial charge in [0.05, 0.1) is 0 Å². The van der Waals surface area contributed by atoms with Crippen molar-refractivity contribution < 1.29 is 4.79 Å². The van der Waals surface area contributed by atoms with E-state index in [1.54, 1.807) is 0 Å². The zero-order valence-electron chi connectivity index (χ0n) is 9.81. The molecular formula is C15H15NO. The number of carbonyl (C=O) groups excluding carboxylic acids is 1. The molecule has 86 valence electrons. The molecule has 2 aromatic carbocycles. The van der Waals surface area contributed by atoms with Gasteiger partial charge in [-0.15, -0.1) is 0 Å². The van der Waals surface area contributed by atoms with Crippen molar-refractivity contribution in [3.8, 4) is 0 Å². The highest BCUT2D eigenvalue weighted by molar-refractivity contribution is 6.04. The molecule has 2 nitrogen and oxygen atoms in total. The minimum Gasteiger partial charge on any atom is -0.322 e. The first-order chi connectivity index (χ1) is 8.31. The van der Waals surface area contributed by atoms with Crippen molar-refractivity contribution in [3.05, 3.63) is 65.7 Å². The fourth-order valence-electron chi connectivity index (χ4n) is 1.73. The molecular weight excluding hydrogens is 210 g/mol. The minimum atomic E-state index is -0.0634. The van der Waals surface area contributed by atoms with E-state index < -0.39 is 0 Å². The van der Waals surface area contributed by atoms with Crippen LogP contribution < -0.4 is 5.32 Å². The molecule has 1 N–H and O–H groups in total. The zero-order chi connectivity index (χ0) is 12.1. The van der Waals surface area contributed by atoms with Crippen molar-refractivity contribution in [1.82, 2.24) is 0 Å². The third-order valence-electron chi connectivity index (χ3n) is 2.68. The van der Waals surface area contributed by atoms with E-state index in [1.165, 1.54) is 0 Å². The lowest BCUT2D eigenvalue weighted by Crippen LogP contribution is -2.12. The number of aryl methyl sites for hydroxylation is 1. The molecule has 0 unspecified atom stereocenters. The summed E-state index contributed by atoms with van der Waals surface area (Å²) in [6.45, 7) is 2.08. The zero-order valence-corrected chi connectivity index (χ0v) is 9.81. The monoisotopic (exact) mass is 225 g/mol. The smallest absolute Gasteiger partial charge is 0.255 e. The molecule has 0 radical (unpaired) electrons. The van der Waals surface area contributed by atoms with Gasteiger partial charge in [-0.3, -0.25) is 4.79 Å². The molecule has 0 aliphatic heterocycles. The summed E-state index contributed by atoms with van der Waals surface area (Å²) in [5.74, 6) is -0.0634. The van der Waals surface area contributed by atoms with Gasteiger partial charge in [-0.25, -0.2) is 0 Å². The van der Waals surface area contributed by atoms with Crippen LogP contribution in [0, 0.1) is 0 Å². The van der Waals surface area contributed by atoms with Gasteiger partial charge in [0.25, 0.3) is 5.91 Å². The summed E-state index contributed by atoms with van der Waals surface area (Å²) in [6.07, 6.45) is 0.908. The molecule has 0 fully saturated rings. The Morgan fingerprint density at radius 2 is 1.65 bits per heavy atom. The van der Waals surface area contributed by atoms with Crippen LogP contribution in [0.2, 0.25) is 0 Å². The lowest BCUT2D eigenvalue weighted by molar-refractivity contribution is 0.102. The summed E-state index contributed by atoms with van der Waals surface area (Å²) in [6, 6.07) is 17.1. The number of anilines is 1. The van der Waals surface area contributed by atoms with E-state index in [-0.39, 0.29) is 5.91 Å². The maximum absolute atomic E-state index is 12.0. The minimum absolute atomic E-state index is 0.0634. The molecule has 1 amide bonds. The Kier molecular flexibility index (Phi) is 3.55. The third-order valence-corrected chi connectivity index (χ3v) is 2.68. The van der Waals surface area contributed by atoms with Crippen LogP contribution in [0.5, 0.6) is 0 Å². The van der Waals surface area contributed by atoms with E-state index in [0.29, 0.717) is 5.56 Å². The number of rotatable bonds is 3. The third kappa shape index (κ3) is 2.72. The Hall–Kier alpha value is -2.09. The second-order valence-electron chi connectivity index (χ2n) is 3.83. The standard InChI is InChI=1S/C15H15NO/c1-2-12-8-6-7-11-14(12)16-15(17)13-9-4-3-5-10-13/h3-11H,2H2,1H3,(H,16,17). The van der Waals surface area contributed by atoms with Gasteiger partial charge in [0.15, 0.2) is 0 Å². The molecule has 0 aliphatic rings. The average Bonchev–Trinajstić information content (AvgIpc) is 2.40. The molecule has 0 spiro atoms. The molecule has 2 rings (SSSR count). The van der Waals surface area contributed by atoms with Gasteiger partial charge in [0.1, 0.15) is 0 Å². The van der Waals surface area contributed by atoms with Gasteiger partial charge < -0.3 is 5.32 Å². The van der Waals surface area contributed by atoms with Crippen LogP contribution in [-0.2, 0) is 6.42 Å². The van der Waals surface area contributed by atoms with Crippen LogP contribution in [0.15, 0.2) is 54.6 Å². The van der Waals surface area contributed by atoms with E-state index in [1.807, 2.05) is 54.6 Å². The van der Waals surface area contributed by atoms with E-state index in [0.717, 1.165) is 17.7 Å². The Bertz CT molecular complexity index is 505. The normalized spacial score (nSPS) is 9.94. The van der Waals surface area contributed by atoms with Crippen molar-refractivity contribution in [2.75, 3.05) is 5.32 Å². The molecule has 17 heavy (non-hydrogen) atoms. The number of amides is 1. The molecule has 0 saturated heterocycles. The first kappa shape index (κ1) is 11.4. The number of hydrogen-bond donors (Lipinski definition) is 1. The first-order valence-corrected chi connectivity index (χ1v) is 5.75. The summed E-state index contributed by atoms with van der Waals surface area (Å²) in [5.41, 5.74) is 2.72. The van der Waals surface area contributed by atoms with Crippen LogP contribution in [0.3, 0.4) is 0 Å². The highest BCUT2D eigenvalue weighted by atomic mass is 16.1. The predicted molar refractivity (Wildman–Crippen MR) is 70.2 cm³/mol. The van der Waals surface area contributed by atoms with Crippen molar-refractivity contribution in [3.63, 3.8) is 0 Å². The summed E-state index contributed by atoms with van der Waals surface area (Å²) >= 11 is 0. The SMILES string of the molecule is CCc1ccccc1NC(=O)c1ccccc1. The maximum Gasteiger partial charge on any atom is 0.255 e. The van der Waals surface area contributed by atoms with E-state index >= 15 is 0 Å². The van der Waals surface area contributed by atoms with Crippen LogP contribution in [-0.4, -0.2) is 5.91 Å². The van der Waals surface area contributed by atoms with Gasteiger partial charge in [0, 0.05) is 11.3 Å². The maximum atomic E-state index is 12.0. The molecule has 0 atom stereocenters. The molecule has 0 bridgehead atoms. The van der Waals surface area contributed by atoms with Crippen LogP contribution in [0.25, 0.3) is 0 Å². The largest absolute Gasteiger partial charge is 0.322 e. The lowest BCUT2D eigenvalue weighted by atomic mass is 10.1. The number of carbonyl (C=O) groups is 1. The summed E-state index contributed by atoms with van der Waals surface area (Å²) in [7, 11) is 0. The predicted octanol–water partition coefficient (Wildman–Crippen LogP) is 3.50. The molecule has 0 aliphatic carbocycles. The first-order valence-electron chi connectivity index (χ1n) is 5.75. The molecule has 0 saturated carbocycles. The molecule has 0 heterocycles. The van der Waals surface area contributed by atoms with Gasteiger partial charge in [0.2, 0.25) is 0 Å². The Labute approximate surface area is 101 Å². The Morgan fingerprint density at radius 1 is 1.00 bits per heavy atom. The second kappa shape index (κ2) is 5.30. The van der Waals surface area contributed by atoms with Crippen molar-refractivity contribution >= 4 is 11.6 Å². The van der Waals surface area contributed by atoms with Crippen molar-refractivity contribution in [1.29, 1.82) is 0 Å². The van der Waals surface area contributed by atoms with Crippen molar-refractivity contribution in [2.24, 2.45) is 0 Å². The van der Waals surface area contributed by atoms with Gasteiger partial charge in [-0.2, -0.15) is 0 Å². The van der Waals surface area contributed by atoms with Crippen LogP contribution in [0.4, 0.5) is 5.69 Å². The number of para-hydroxylation sites is 1. The van der Waals surface area contributed by atoms with Gasteiger partial charge >= 0.3 is 0 Å². The van der Waals surface area contributed by atoms with Gasteiger partial charge in [-0.05, 0) is 30.2 Å². The van der Waals surface area contributed by atoms with Crippen LogP contribution >= 0.6 is 0 Å². The fourth-order valence-corrected chi connectivity index (χ4v) is 1.73. The Morgan fingerprint density at radius 3 is 2.35 bits per heavy atom. The number of benzene rings is 2. The van der Waals surface area contributed by atoms with Crippen LogP contribution in [0.1, 0.15) is 22.8 Å². The van der Waals surface area contributed by atoms with E-state index in [4.69, 9.17) is 0 Å². The number of nitrogens with one attached hydrogen (secondary N) is 1. The number of hydrogen-bond acceptors (Lipinski definition) is 1. The topological polar surface area (TPSA) is 29.1 Å². The lowest BCUT2D eigenvalue weighted by Gasteiger charge is -2.09. The van der Waals surface area contributed by atoms with Gasteiger partial charge in [-0.1, -0.05) is 43.3 Å². The molecule has 0 aromatic heterocycles. The average molecular weight is 225 g/mol. The fraction of sp³-hybridized carbons (Fsp3) is 0.133. The Balaban J connectivity index is 2.19. The van der Waals surface area contributed by atoms with E-state index in [9.17, 15) is 4.79 Å². The summed E-state index contributed by atoms with van der Waals surface area (Å²) in [5, 5.41) is 2.94. The summed E-state index contributed by atoms with van der Waals surface area (Å²) in [4.78, 5) is 12.0. The highest BCUT2D eigenvalue weighted by Crippen LogP contribution is 2.16. The molecule has 2 heteroatoms. The molecule has 2 aromatic rings. The second-order valence-corrected chi connectivity index (χ2v) is 3.83. The van der Waals surface area contributed by atoms with E-state index in [2.05, 4.69) is 12.2 Å². The van der Waals surface area contributed by atoms with Crippen molar-refractivity contribution in [2.45, 2.75) is 13.3 Å². The summed E-state index contributed by atoms with van der Waals surface area (Å²) < 4.78 is 0.